The molecule has 34 heavy (non-hydrogen) atoms. The first-order valence-electron chi connectivity index (χ1n) is 11.1. The predicted molar refractivity (Wildman–Crippen MR) is 126 cm³/mol. The maximum Gasteiger partial charge on any atom is 0.328 e. The van der Waals surface area contributed by atoms with Gasteiger partial charge < -0.3 is 4.98 Å². The number of aromatic nitrogens is 6. The van der Waals surface area contributed by atoms with E-state index in [1.165, 1.54) is 4.31 Å². The van der Waals surface area contributed by atoms with E-state index in [0.29, 0.717) is 53.0 Å². The lowest BCUT2D eigenvalue weighted by Crippen LogP contribution is -2.44. The summed E-state index contributed by atoms with van der Waals surface area (Å²) >= 11 is 0. The molecular formula is C22H24N8O3S. The van der Waals surface area contributed by atoms with Crippen LogP contribution in [0.2, 0.25) is 0 Å². The number of fused-ring (bicyclic) bond motifs is 2. The fourth-order valence-electron chi connectivity index (χ4n) is 4.52. The largest absolute Gasteiger partial charge is 0.328 e. The van der Waals surface area contributed by atoms with Gasteiger partial charge in [0.1, 0.15) is 5.52 Å². The van der Waals surface area contributed by atoms with Crippen molar-refractivity contribution in [2.75, 3.05) is 18.8 Å². The van der Waals surface area contributed by atoms with Crippen molar-refractivity contribution in [1.29, 1.82) is 5.26 Å². The van der Waals surface area contributed by atoms with Crippen molar-refractivity contribution in [2.45, 2.75) is 32.7 Å². The van der Waals surface area contributed by atoms with Gasteiger partial charge in [0.15, 0.2) is 11.5 Å². The highest BCUT2D eigenvalue weighted by molar-refractivity contribution is 7.89. The van der Waals surface area contributed by atoms with Gasteiger partial charge in [0, 0.05) is 19.3 Å². The smallest absolute Gasteiger partial charge is 0.303 e. The number of nitrogens with one attached hydrogen (secondary N) is 1. The first-order chi connectivity index (χ1) is 16.3. The maximum absolute atomic E-state index is 12.9. The highest BCUT2D eigenvalue weighted by Crippen LogP contribution is 2.27. The molecule has 1 aliphatic rings. The molecule has 0 bridgehead atoms. The molecule has 1 saturated heterocycles. The molecule has 4 aromatic heterocycles. The second kappa shape index (κ2) is 8.34. The number of nitrogens with zero attached hydrogens (tertiary/aromatic N) is 7. The van der Waals surface area contributed by atoms with E-state index in [4.69, 9.17) is 0 Å². The molecule has 1 unspecified atom stereocenters. The van der Waals surface area contributed by atoms with Gasteiger partial charge in [-0.25, -0.2) is 27.7 Å². The van der Waals surface area contributed by atoms with Gasteiger partial charge in [-0.1, -0.05) is 13.8 Å². The summed E-state index contributed by atoms with van der Waals surface area (Å²) in [5.74, 6) is 0.461. The Kier molecular flexibility index (Phi) is 5.45. The topological polar surface area (TPSA) is 142 Å². The van der Waals surface area contributed by atoms with Crippen molar-refractivity contribution < 1.29 is 8.42 Å². The number of pyridine rings is 1. The van der Waals surface area contributed by atoms with Crippen molar-refractivity contribution in [1.82, 2.24) is 33.4 Å². The summed E-state index contributed by atoms with van der Waals surface area (Å²) in [7, 11) is -3.41. The van der Waals surface area contributed by atoms with Crippen LogP contribution in [0.4, 0.5) is 0 Å². The van der Waals surface area contributed by atoms with Crippen LogP contribution in [-0.2, 0) is 10.0 Å². The molecule has 0 saturated carbocycles. The second-order valence-corrected chi connectivity index (χ2v) is 11.0. The fourth-order valence-corrected chi connectivity index (χ4v) is 6.38. The van der Waals surface area contributed by atoms with E-state index in [0.717, 1.165) is 0 Å². The van der Waals surface area contributed by atoms with E-state index < -0.39 is 10.0 Å². The van der Waals surface area contributed by atoms with Gasteiger partial charge in [0.05, 0.1) is 46.9 Å². The molecular weight excluding hydrogens is 456 g/mol. The summed E-state index contributed by atoms with van der Waals surface area (Å²) in [6.07, 6.45) is 6.18. The molecule has 0 aliphatic carbocycles. The highest BCUT2D eigenvalue weighted by atomic mass is 32.2. The van der Waals surface area contributed by atoms with Crippen molar-refractivity contribution in [3.63, 3.8) is 0 Å². The Balaban J connectivity index is 1.56. The molecule has 0 radical (unpaired) electrons. The zero-order chi connectivity index (χ0) is 24.0. The zero-order valence-electron chi connectivity index (χ0n) is 18.8. The average molecular weight is 481 g/mol. The number of sulfonamides is 1. The Hall–Kier alpha value is -3.56. The molecule has 0 amide bonds. The van der Waals surface area contributed by atoms with Gasteiger partial charge in [0.25, 0.3) is 0 Å². The summed E-state index contributed by atoms with van der Waals surface area (Å²) in [5.41, 5.74) is 2.33. The molecule has 1 aliphatic heterocycles. The molecule has 11 nitrogen and oxygen atoms in total. The van der Waals surface area contributed by atoms with Crippen LogP contribution in [0.3, 0.4) is 0 Å². The lowest BCUT2D eigenvalue weighted by molar-refractivity contribution is 0.265. The fraction of sp³-hybridized carbons (Fsp3) is 0.409. The van der Waals surface area contributed by atoms with Gasteiger partial charge in [-0.05, 0) is 30.9 Å². The van der Waals surface area contributed by atoms with Crippen LogP contribution in [-0.4, -0.2) is 60.7 Å². The first kappa shape index (κ1) is 22.2. The molecule has 5 rings (SSSR count). The van der Waals surface area contributed by atoms with Crippen LogP contribution in [0.15, 0.2) is 35.5 Å². The summed E-state index contributed by atoms with van der Waals surface area (Å²) in [6.45, 7) is 4.43. The second-order valence-electron chi connectivity index (χ2n) is 8.97. The van der Waals surface area contributed by atoms with Gasteiger partial charge in [-0.3, -0.25) is 4.57 Å². The van der Waals surface area contributed by atoms with E-state index in [1.54, 1.807) is 39.8 Å². The van der Waals surface area contributed by atoms with Crippen molar-refractivity contribution in [3.8, 4) is 17.5 Å². The normalized spacial score (nSPS) is 17.5. The standard InChI is InChI=1S/C22H24N8O3S/c1-14(2)13-34(32,33)28-6-3-4-16(12-28)30-21-18(26-22(30)31)11-24-20(27-21)17-10-25-29-7-5-15(9-23)8-19(17)29/h5,7-8,10-11,14,16H,3-4,6,12-13H2,1-2H3,(H,26,31). The minimum absolute atomic E-state index is 0.0175. The first-order valence-corrected chi connectivity index (χ1v) is 12.7. The lowest BCUT2D eigenvalue weighted by Gasteiger charge is -2.32. The highest BCUT2D eigenvalue weighted by Gasteiger charge is 2.32. The summed E-state index contributed by atoms with van der Waals surface area (Å²) in [4.78, 5) is 24.7. The molecule has 12 heteroatoms. The van der Waals surface area contributed by atoms with E-state index in [1.807, 2.05) is 13.8 Å². The zero-order valence-corrected chi connectivity index (χ0v) is 19.7. The van der Waals surface area contributed by atoms with E-state index in [9.17, 15) is 18.5 Å². The molecule has 1 N–H and O–H groups in total. The Morgan fingerprint density at radius 1 is 1.32 bits per heavy atom. The molecule has 5 heterocycles. The number of hydrogen-bond acceptors (Lipinski definition) is 7. The number of imidazole rings is 1. The molecule has 176 valence electrons. The third kappa shape index (κ3) is 3.86. The number of aromatic amines is 1. The predicted octanol–water partition coefficient (Wildman–Crippen LogP) is 1.93. The van der Waals surface area contributed by atoms with Crippen LogP contribution in [0, 0.1) is 17.2 Å². The van der Waals surface area contributed by atoms with Gasteiger partial charge in [0.2, 0.25) is 10.0 Å². The van der Waals surface area contributed by atoms with Crippen LogP contribution >= 0.6 is 0 Å². The Morgan fingerprint density at radius 2 is 2.15 bits per heavy atom. The Labute approximate surface area is 195 Å². The number of rotatable bonds is 5. The van der Waals surface area contributed by atoms with Crippen LogP contribution in [0.5, 0.6) is 0 Å². The van der Waals surface area contributed by atoms with E-state index in [-0.39, 0.29) is 29.9 Å². The minimum atomic E-state index is -3.41. The Morgan fingerprint density at radius 3 is 2.91 bits per heavy atom. The van der Waals surface area contributed by atoms with E-state index >= 15 is 0 Å². The van der Waals surface area contributed by atoms with Crippen LogP contribution in [0.1, 0.15) is 38.3 Å². The number of H-pyrrole nitrogens is 1. The number of nitriles is 1. The monoisotopic (exact) mass is 480 g/mol. The average Bonchev–Trinajstić information content (AvgIpc) is 3.37. The van der Waals surface area contributed by atoms with Crippen LogP contribution < -0.4 is 5.69 Å². The Bertz CT molecular complexity index is 1590. The SMILES string of the molecule is CC(C)CS(=O)(=O)N1CCCC(n2c(=O)[nH]c3cnc(-c4cnn5ccc(C#N)cc45)nc32)C1. The third-order valence-electron chi connectivity index (χ3n) is 6.01. The molecule has 1 atom stereocenters. The lowest BCUT2D eigenvalue weighted by atomic mass is 10.1. The van der Waals surface area contributed by atoms with Crippen molar-refractivity contribution in [2.24, 2.45) is 5.92 Å². The molecule has 1 fully saturated rings. The number of hydrogen-bond donors (Lipinski definition) is 1. The quantitative estimate of drug-likeness (QED) is 0.460. The maximum atomic E-state index is 12.9. The van der Waals surface area contributed by atoms with Crippen molar-refractivity contribution in [3.05, 3.63) is 46.8 Å². The summed E-state index contributed by atoms with van der Waals surface area (Å²) in [6, 6.07) is 5.15. The third-order valence-corrected chi connectivity index (χ3v) is 8.22. The molecule has 0 aromatic carbocycles. The summed E-state index contributed by atoms with van der Waals surface area (Å²) < 4.78 is 30.3. The number of piperidine rings is 1. The molecule has 4 aromatic rings. The molecule has 0 spiro atoms. The van der Waals surface area contributed by atoms with Gasteiger partial charge in [-0.2, -0.15) is 14.7 Å². The minimum Gasteiger partial charge on any atom is -0.303 e. The van der Waals surface area contributed by atoms with Crippen LogP contribution in [0.25, 0.3) is 28.1 Å². The van der Waals surface area contributed by atoms with Crippen molar-refractivity contribution >= 4 is 26.7 Å². The van der Waals surface area contributed by atoms with Gasteiger partial charge >= 0.3 is 5.69 Å². The van der Waals surface area contributed by atoms with E-state index in [2.05, 4.69) is 26.1 Å². The summed E-state index contributed by atoms with van der Waals surface area (Å²) in [5, 5.41) is 13.6. The van der Waals surface area contributed by atoms with Gasteiger partial charge in [-0.15, -0.1) is 0 Å².